The van der Waals surface area contributed by atoms with Crippen LogP contribution in [0.5, 0.6) is 0 Å². The van der Waals surface area contributed by atoms with E-state index in [-0.39, 0.29) is 0 Å². The molecule has 0 spiro atoms. The van der Waals surface area contributed by atoms with Crippen LogP contribution < -0.4 is 10.2 Å². The van der Waals surface area contributed by atoms with Crippen LogP contribution in [-0.2, 0) is 6.54 Å². The highest BCUT2D eigenvalue weighted by Gasteiger charge is 2.28. The van der Waals surface area contributed by atoms with Gasteiger partial charge in [-0.25, -0.2) is 9.97 Å². The second-order valence-corrected chi connectivity index (χ2v) is 7.40. The quantitative estimate of drug-likeness (QED) is 0.838. The second kappa shape index (κ2) is 6.57. The Morgan fingerprint density at radius 3 is 2.74 bits per heavy atom. The summed E-state index contributed by atoms with van der Waals surface area (Å²) < 4.78 is 0.295. The Morgan fingerprint density at radius 1 is 1.37 bits per heavy atom. The third-order valence-electron chi connectivity index (χ3n) is 3.16. The lowest BCUT2D eigenvalue weighted by Crippen LogP contribution is -2.43. The van der Waals surface area contributed by atoms with Gasteiger partial charge in [-0.05, 0) is 26.8 Å². The highest BCUT2D eigenvalue weighted by atomic mass is 32.2. The molecule has 4 nitrogen and oxygen atoms in total. The van der Waals surface area contributed by atoms with E-state index in [1.54, 1.807) is 0 Å². The van der Waals surface area contributed by atoms with Gasteiger partial charge in [-0.3, -0.25) is 0 Å². The van der Waals surface area contributed by atoms with Gasteiger partial charge in [-0.2, -0.15) is 11.8 Å². The zero-order valence-electron chi connectivity index (χ0n) is 12.1. The van der Waals surface area contributed by atoms with Crippen LogP contribution in [0.4, 0.5) is 5.95 Å². The maximum Gasteiger partial charge on any atom is 0.225 e. The molecular weight excluding hydrogens is 256 g/mol. The third-order valence-corrected chi connectivity index (χ3v) is 4.45. The molecule has 2 rings (SSSR count). The predicted octanol–water partition coefficient (Wildman–Crippen LogP) is 2.31. The standard InChI is InChI=1S/C14H24N4S/c1-4-5-15-8-12-9-16-13(17-10-12)18-6-7-19-14(2,3)11-18/h9-10,15H,4-8,11H2,1-3H3. The molecule has 0 saturated carbocycles. The normalized spacial score (nSPS) is 18.6. The molecule has 1 aromatic heterocycles. The summed E-state index contributed by atoms with van der Waals surface area (Å²) in [6.07, 6.45) is 5.04. The fourth-order valence-electron chi connectivity index (χ4n) is 2.20. The molecule has 2 heterocycles. The lowest BCUT2D eigenvalue weighted by molar-refractivity contribution is 0.633. The number of hydrogen-bond acceptors (Lipinski definition) is 5. The van der Waals surface area contributed by atoms with Crippen LogP contribution in [0.3, 0.4) is 0 Å². The Labute approximate surface area is 120 Å². The van der Waals surface area contributed by atoms with Crippen molar-refractivity contribution in [3.63, 3.8) is 0 Å². The zero-order chi connectivity index (χ0) is 13.7. The van der Waals surface area contributed by atoms with Gasteiger partial charge in [0.15, 0.2) is 0 Å². The van der Waals surface area contributed by atoms with Gasteiger partial charge in [-0.15, -0.1) is 0 Å². The van der Waals surface area contributed by atoms with Gasteiger partial charge in [0.2, 0.25) is 5.95 Å². The summed E-state index contributed by atoms with van der Waals surface area (Å²) in [5.41, 5.74) is 1.16. The summed E-state index contributed by atoms with van der Waals surface area (Å²) in [6.45, 7) is 10.7. The molecular formula is C14H24N4S. The first-order valence-electron chi connectivity index (χ1n) is 7.01. The van der Waals surface area contributed by atoms with E-state index in [2.05, 4.69) is 41.0 Å². The third kappa shape index (κ3) is 4.35. The summed E-state index contributed by atoms with van der Waals surface area (Å²) in [5, 5.41) is 3.37. The number of rotatable bonds is 5. The lowest BCUT2D eigenvalue weighted by Gasteiger charge is -2.37. The molecule has 0 amide bonds. The molecule has 1 aromatic rings. The van der Waals surface area contributed by atoms with Crippen LogP contribution in [0.15, 0.2) is 12.4 Å². The van der Waals surface area contributed by atoms with Crippen LogP contribution >= 0.6 is 11.8 Å². The van der Waals surface area contributed by atoms with Crippen molar-refractivity contribution in [2.75, 3.05) is 30.3 Å². The van der Waals surface area contributed by atoms with Crippen molar-refractivity contribution in [2.24, 2.45) is 0 Å². The Morgan fingerprint density at radius 2 is 2.11 bits per heavy atom. The molecule has 0 bridgehead atoms. The highest BCUT2D eigenvalue weighted by Crippen LogP contribution is 2.30. The zero-order valence-corrected chi connectivity index (χ0v) is 13.0. The summed E-state index contributed by atoms with van der Waals surface area (Å²) in [5.74, 6) is 2.02. The Hall–Kier alpha value is -0.810. The largest absolute Gasteiger partial charge is 0.339 e. The number of nitrogens with zero attached hydrogens (tertiary/aromatic N) is 3. The first kappa shape index (κ1) is 14.6. The molecule has 0 aromatic carbocycles. The van der Waals surface area contributed by atoms with Crippen LogP contribution in [0.1, 0.15) is 32.8 Å². The van der Waals surface area contributed by atoms with E-state index in [0.29, 0.717) is 4.75 Å². The van der Waals surface area contributed by atoms with Crippen molar-refractivity contribution in [1.82, 2.24) is 15.3 Å². The minimum Gasteiger partial charge on any atom is -0.339 e. The van der Waals surface area contributed by atoms with Gasteiger partial charge in [0, 0.05) is 48.1 Å². The molecule has 1 fully saturated rings. The van der Waals surface area contributed by atoms with Crippen LogP contribution in [0.25, 0.3) is 0 Å². The maximum atomic E-state index is 4.51. The van der Waals surface area contributed by atoms with E-state index >= 15 is 0 Å². The Kier molecular flexibility index (Phi) is 5.05. The number of anilines is 1. The Bertz CT molecular complexity index is 391. The van der Waals surface area contributed by atoms with Crippen LogP contribution in [0, 0.1) is 0 Å². The first-order valence-corrected chi connectivity index (χ1v) is 8.00. The van der Waals surface area contributed by atoms with E-state index in [9.17, 15) is 0 Å². The molecule has 1 saturated heterocycles. The first-order chi connectivity index (χ1) is 9.11. The highest BCUT2D eigenvalue weighted by molar-refractivity contribution is 8.00. The van der Waals surface area contributed by atoms with Gasteiger partial charge in [0.25, 0.3) is 0 Å². The number of thioether (sulfide) groups is 1. The molecule has 1 aliphatic heterocycles. The van der Waals surface area contributed by atoms with E-state index in [4.69, 9.17) is 0 Å². The molecule has 0 atom stereocenters. The molecule has 0 radical (unpaired) electrons. The molecule has 5 heteroatoms. The van der Waals surface area contributed by atoms with Crippen LogP contribution in [0.2, 0.25) is 0 Å². The fourth-order valence-corrected chi connectivity index (χ4v) is 3.31. The molecule has 19 heavy (non-hydrogen) atoms. The smallest absolute Gasteiger partial charge is 0.225 e. The maximum absolute atomic E-state index is 4.51. The summed E-state index contributed by atoms with van der Waals surface area (Å²) in [6, 6.07) is 0. The Balaban J connectivity index is 1.94. The van der Waals surface area contributed by atoms with Crippen molar-refractivity contribution < 1.29 is 0 Å². The summed E-state index contributed by atoms with van der Waals surface area (Å²) in [4.78, 5) is 11.3. The number of hydrogen-bond donors (Lipinski definition) is 1. The molecule has 106 valence electrons. The molecule has 1 aliphatic rings. The minimum absolute atomic E-state index is 0.295. The second-order valence-electron chi connectivity index (χ2n) is 5.60. The van der Waals surface area contributed by atoms with Crippen molar-refractivity contribution >= 4 is 17.7 Å². The van der Waals surface area contributed by atoms with E-state index in [1.165, 1.54) is 0 Å². The van der Waals surface area contributed by atoms with Crippen molar-refractivity contribution in [2.45, 2.75) is 38.5 Å². The van der Waals surface area contributed by atoms with Gasteiger partial charge in [0.05, 0.1) is 0 Å². The SMILES string of the molecule is CCCNCc1cnc(N2CCSC(C)(C)C2)nc1. The average molecular weight is 280 g/mol. The molecule has 1 N–H and O–H groups in total. The topological polar surface area (TPSA) is 41.1 Å². The average Bonchev–Trinajstić information content (AvgIpc) is 2.39. The van der Waals surface area contributed by atoms with Crippen molar-refractivity contribution in [1.29, 1.82) is 0 Å². The summed E-state index contributed by atoms with van der Waals surface area (Å²) >= 11 is 2.03. The summed E-state index contributed by atoms with van der Waals surface area (Å²) in [7, 11) is 0. The van der Waals surface area contributed by atoms with Crippen molar-refractivity contribution in [3.05, 3.63) is 18.0 Å². The predicted molar refractivity (Wildman–Crippen MR) is 82.8 cm³/mol. The van der Waals surface area contributed by atoms with Gasteiger partial charge in [0.1, 0.15) is 0 Å². The van der Waals surface area contributed by atoms with Gasteiger partial charge >= 0.3 is 0 Å². The molecule has 0 aliphatic carbocycles. The minimum atomic E-state index is 0.295. The lowest BCUT2D eigenvalue weighted by atomic mass is 10.2. The number of aromatic nitrogens is 2. The van der Waals surface area contributed by atoms with Crippen LogP contribution in [-0.4, -0.2) is 40.1 Å². The van der Waals surface area contributed by atoms with Crippen molar-refractivity contribution in [3.8, 4) is 0 Å². The van der Waals surface area contributed by atoms with E-state index in [1.807, 2.05) is 24.2 Å². The monoisotopic (exact) mass is 280 g/mol. The molecule has 0 unspecified atom stereocenters. The fraction of sp³-hybridized carbons (Fsp3) is 0.714. The number of nitrogens with one attached hydrogen (secondary N) is 1. The van der Waals surface area contributed by atoms with Gasteiger partial charge in [-0.1, -0.05) is 6.92 Å². The van der Waals surface area contributed by atoms with E-state index in [0.717, 1.165) is 49.9 Å². The van der Waals surface area contributed by atoms with Gasteiger partial charge < -0.3 is 10.2 Å². The van der Waals surface area contributed by atoms with E-state index < -0.39 is 0 Å².